The number of nitrogens with zero attached hydrogens (tertiary/aromatic N) is 3. The molecular weight excluding hydrogens is 250 g/mol. The largest absolute Gasteiger partial charge is 0.481 e. The molecule has 1 aromatic heterocycles. The molecule has 0 spiro atoms. The van der Waals surface area contributed by atoms with Crippen LogP contribution in [0.4, 0.5) is 0 Å². The summed E-state index contributed by atoms with van der Waals surface area (Å²) in [6.07, 6.45) is 2.96. The molecule has 0 aliphatic carbocycles. The fraction of sp³-hybridized carbons (Fsp3) is 0.750. The lowest BCUT2D eigenvalue weighted by Gasteiger charge is -2.34. The van der Waals surface area contributed by atoms with Gasteiger partial charge in [0.1, 0.15) is 5.82 Å². The van der Waals surface area contributed by atoms with E-state index >= 15 is 0 Å². The molecule has 0 bridgehead atoms. The molecule has 0 aromatic carbocycles. The van der Waals surface area contributed by atoms with Crippen LogP contribution >= 0.6 is 11.8 Å². The van der Waals surface area contributed by atoms with E-state index in [-0.39, 0.29) is 11.3 Å². The monoisotopic (exact) mass is 271 g/mol. The predicted molar refractivity (Wildman–Crippen MR) is 72.0 cm³/mol. The number of hydrogen-bond acceptors (Lipinski definition) is 4. The Kier molecular flexibility index (Phi) is 5.19. The lowest BCUT2D eigenvalue weighted by Crippen LogP contribution is -2.33. The average molecular weight is 271 g/mol. The Labute approximate surface area is 112 Å². The van der Waals surface area contributed by atoms with Crippen molar-refractivity contribution in [3.63, 3.8) is 0 Å². The standard InChI is InChI=1S/C12H21N3O2S/c1-5-12(6-2,7-3)15-9(4)13-14-11(15)18-8-10(16)17/h5-8H2,1-4H3,(H,16,17). The Hall–Kier alpha value is -1.04. The zero-order valence-corrected chi connectivity index (χ0v) is 12.3. The topological polar surface area (TPSA) is 68.0 Å². The molecule has 1 heterocycles. The smallest absolute Gasteiger partial charge is 0.313 e. The highest BCUT2D eigenvalue weighted by Crippen LogP contribution is 2.34. The molecule has 0 fully saturated rings. The van der Waals surface area contributed by atoms with Gasteiger partial charge in [-0.2, -0.15) is 0 Å². The number of carboxylic acid groups (broad SMARTS) is 1. The van der Waals surface area contributed by atoms with Crippen LogP contribution in [0.25, 0.3) is 0 Å². The highest BCUT2D eigenvalue weighted by atomic mass is 32.2. The first kappa shape index (κ1) is 15.0. The van der Waals surface area contributed by atoms with Gasteiger partial charge in [-0.3, -0.25) is 4.79 Å². The maximum Gasteiger partial charge on any atom is 0.313 e. The van der Waals surface area contributed by atoms with Crippen LogP contribution in [0.1, 0.15) is 45.9 Å². The van der Waals surface area contributed by atoms with Crippen molar-refractivity contribution in [2.75, 3.05) is 5.75 Å². The minimum absolute atomic E-state index is 0.00554. The molecule has 0 unspecified atom stereocenters. The second kappa shape index (κ2) is 6.22. The van der Waals surface area contributed by atoms with Gasteiger partial charge in [0.15, 0.2) is 5.16 Å². The number of aliphatic carboxylic acids is 1. The molecule has 0 amide bonds. The van der Waals surface area contributed by atoms with E-state index in [0.29, 0.717) is 5.16 Å². The highest BCUT2D eigenvalue weighted by Gasteiger charge is 2.30. The Morgan fingerprint density at radius 2 is 1.83 bits per heavy atom. The van der Waals surface area contributed by atoms with Gasteiger partial charge in [0.2, 0.25) is 0 Å². The van der Waals surface area contributed by atoms with E-state index in [2.05, 4.69) is 35.5 Å². The first-order valence-electron chi connectivity index (χ1n) is 6.27. The molecule has 0 atom stereocenters. The van der Waals surface area contributed by atoms with Crippen molar-refractivity contribution in [2.24, 2.45) is 0 Å². The second-order valence-corrected chi connectivity index (χ2v) is 5.28. The lowest BCUT2D eigenvalue weighted by atomic mass is 9.89. The number of rotatable bonds is 7. The number of aryl methyl sites for hydroxylation is 1. The van der Waals surface area contributed by atoms with E-state index in [1.807, 2.05) is 6.92 Å². The minimum atomic E-state index is -0.831. The van der Waals surface area contributed by atoms with Gasteiger partial charge in [0, 0.05) is 5.54 Å². The van der Waals surface area contributed by atoms with E-state index in [9.17, 15) is 4.79 Å². The van der Waals surface area contributed by atoms with Crippen molar-refractivity contribution in [1.82, 2.24) is 14.8 Å². The molecule has 1 aromatic rings. The van der Waals surface area contributed by atoms with E-state index in [4.69, 9.17) is 5.11 Å². The summed E-state index contributed by atoms with van der Waals surface area (Å²) in [6, 6.07) is 0. The molecule has 18 heavy (non-hydrogen) atoms. The van der Waals surface area contributed by atoms with Crippen LogP contribution in [0.3, 0.4) is 0 Å². The van der Waals surface area contributed by atoms with Gasteiger partial charge in [-0.1, -0.05) is 32.5 Å². The van der Waals surface area contributed by atoms with Gasteiger partial charge in [0.05, 0.1) is 5.75 Å². The third-order valence-electron chi connectivity index (χ3n) is 3.57. The van der Waals surface area contributed by atoms with Crippen LogP contribution in [0.2, 0.25) is 0 Å². The normalized spacial score (nSPS) is 11.8. The zero-order valence-electron chi connectivity index (χ0n) is 11.4. The van der Waals surface area contributed by atoms with Crippen LogP contribution in [-0.4, -0.2) is 31.6 Å². The maximum absolute atomic E-state index is 10.7. The van der Waals surface area contributed by atoms with E-state index in [1.54, 1.807) is 0 Å². The Bertz CT molecular complexity index is 405. The summed E-state index contributed by atoms with van der Waals surface area (Å²) in [7, 11) is 0. The maximum atomic E-state index is 10.7. The summed E-state index contributed by atoms with van der Waals surface area (Å²) < 4.78 is 2.11. The summed E-state index contributed by atoms with van der Waals surface area (Å²) in [5.41, 5.74) is -0.00554. The molecular formula is C12H21N3O2S. The first-order chi connectivity index (χ1) is 8.50. The van der Waals surface area contributed by atoms with E-state index < -0.39 is 5.97 Å². The number of thioether (sulfide) groups is 1. The molecule has 6 heteroatoms. The molecule has 0 aliphatic rings. The van der Waals surface area contributed by atoms with Crippen LogP contribution < -0.4 is 0 Å². The highest BCUT2D eigenvalue weighted by molar-refractivity contribution is 7.99. The molecule has 1 rings (SSSR count). The SMILES string of the molecule is CCC(CC)(CC)n1c(C)nnc1SCC(=O)O. The summed E-state index contributed by atoms with van der Waals surface area (Å²) in [4.78, 5) is 10.7. The fourth-order valence-electron chi connectivity index (χ4n) is 2.33. The third-order valence-corrected chi connectivity index (χ3v) is 4.48. The van der Waals surface area contributed by atoms with Crippen molar-refractivity contribution < 1.29 is 9.90 Å². The molecule has 0 radical (unpaired) electrons. The predicted octanol–water partition coefficient (Wildman–Crippen LogP) is 2.69. The van der Waals surface area contributed by atoms with Gasteiger partial charge >= 0.3 is 5.97 Å². The lowest BCUT2D eigenvalue weighted by molar-refractivity contribution is -0.133. The van der Waals surface area contributed by atoms with Crippen molar-refractivity contribution in [3.8, 4) is 0 Å². The number of hydrogen-bond donors (Lipinski definition) is 1. The van der Waals surface area contributed by atoms with Crippen LogP contribution in [0.5, 0.6) is 0 Å². The molecule has 5 nitrogen and oxygen atoms in total. The number of aromatic nitrogens is 3. The third kappa shape index (κ3) is 2.85. The fourth-order valence-corrected chi connectivity index (χ4v) is 3.14. The second-order valence-electron chi connectivity index (χ2n) is 4.33. The van der Waals surface area contributed by atoms with Gasteiger partial charge in [-0.15, -0.1) is 10.2 Å². The number of carboxylic acids is 1. The molecule has 0 saturated carbocycles. The molecule has 0 aliphatic heterocycles. The minimum Gasteiger partial charge on any atom is -0.481 e. The van der Waals surface area contributed by atoms with Gasteiger partial charge < -0.3 is 9.67 Å². The molecule has 0 saturated heterocycles. The van der Waals surface area contributed by atoms with Gasteiger partial charge in [-0.25, -0.2) is 0 Å². The zero-order chi connectivity index (χ0) is 13.8. The number of carbonyl (C=O) groups is 1. The Morgan fingerprint density at radius 3 is 2.28 bits per heavy atom. The summed E-state index contributed by atoms with van der Waals surface area (Å²) in [5.74, 6) is 0.0430. The van der Waals surface area contributed by atoms with Crippen LogP contribution in [0.15, 0.2) is 5.16 Å². The molecule has 102 valence electrons. The van der Waals surface area contributed by atoms with Crippen molar-refractivity contribution in [1.29, 1.82) is 0 Å². The van der Waals surface area contributed by atoms with E-state index in [0.717, 1.165) is 25.1 Å². The van der Waals surface area contributed by atoms with Gasteiger partial charge in [-0.05, 0) is 26.2 Å². The first-order valence-corrected chi connectivity index (χ1v) is 7.26. The van der Waals surface area contributed by atoms with Gasteiger partial charge in [0.25, 0.3) is 0 Å². The van der Waals surface area contributed by atoms with E-state index in [1.165, 1.54) is 11.8 Å². The summed E-state index contributed by atoms with van der Waals surface area (Å²) in [6.45, 7) is 8.38. The van der Waals surface area contributed by atoms with Crippen molar-refractivity contribution in [3.05, 3.63) is 5.82 Å². The summed E-state index contributed by atoms with van der Waals surface area (Å²) >= 11 is 1.24. The Morgan fingerprint density at radius 1 is 1.28 bits per heavy atom. The van der Waals surface area contributed by atoms with Crippen molar-refractivity contribution in [2.45, 2.75) is 57.7 Å². The molecule has 1 N–H and O–H groups in total. The van der Waals surface area contributed by atoms with Crippen LogP contribution in [0, 0.1) is 6.92 Å². The Balaban J connectivity index is 3.12. The average Bonchev–Trinajstić information content (AvgIpc) is 2.72. The summed E-state index contributed by atoms with van der Waals surface area (Å²) in [5, 5.41) is 17.7. The quantitative estimate of drug-likeness (QED) is 0.772. The van der Waals surface area contributed by atoms with Crippen molar-refractivity contribution >= 4 is 17.7 Å². The van der Waals surface area contributed by atoms with Crippen LogP contribution in [-0.2, 0) is 10.3 Å².